The molecular weight excluding hydrogens is 240 g/mol. The van der Waals surface area contributed by atoms with Crippen LogP contribution in [0.15, 0.2) is 6.20 Å². The lowest BCUT2D eigenvalue weighted by Gasteiger charge is -2.25. The molecule has 5 heteroatoms. The summed E-state index contributed by atoms with van der Waals surface area (Å²) in [6.45, 7) is 5.48. The molecule has 3 N–H and O–H groups in total. The van der Waals surface area contributed by atoms with E-state index in [1.807, 2.05) is 11.6 Å². The predicted octanol–water partition coefficient (Wildman–Crippen LogP) is 1.60. The average Bonchev–Trinajstić information content (AvgIpc) is 2.94. The third-order valence-corrected chi connectivity index (χ3v) is 4.04. The Kier molecular flexibility index (Phi) is 4.24. The molecular formula is C14H24N4O. The van der Waals surface area contributed by atoms with Gasteiger partial charge in [0.25, 0.3) is 5.91 Å². The second kappa shape index (κ2) is 5.74. The van der Waals surface area contributed by atoms with E-state index in [1.165, 1.54) is 12.8 Å². The molecule has 0 atom stereocenters. The van der Waals surface area contributed by atoms with Gasteiger partial charge >= 0.3 is 0 Å². The Labute approximate surface area is 114 Å². The molecule has 0 unspecified atom stereocenters. The first kappa shape index (κ1) is 14.1. The number of rotatable bonds is 5. The maximum absolute atomic E-state index is 12.3. The van der Waals surface area contributed by atoms with E-state index in [0.29, 0.717) is 12.1 Å². The normalized spacial score (nSPS) is 17.6. The van der Waals surface area contributed by atoms with Crippen LogP contribution in [0.25, 0.3) is 0 Å². The molecule has 5 nitrogen and oxygen atoms in total. The zero-order valence-electron chi connectivity index (χ0n) is 11.9. The molecule has 1 aliphatic rings. The van der Waals surface area contributed by atoms with Gasteiger partial charge in [-0.25, -0.2) is 0 Å². The highest BCUT2D eigenvalue weighted by Gasteiger charge is 2.31. The summed E-state index contributed by atoms with van der Waals surface area (Å²) in [5, 5.41) is 7.44. The van der Waals surface area contributed by atoms with E-state index in [4.69, 9.17) is 5.73 Å². The molecule has 1 saturated carbocycles. The maximum atomic E-state index is 12.3. The fourth-order valence-corrected chi connectivity index (χ4v) is 2.76. The highest BCUT2D eigenvalue weighted by molar-refractivity contribution is 5.95. The molecule has 0 saturated heterocycles. The van der Waals surface area contributed by atoms with Gasteiger partial charge in [-0.2, -0.15) is 5.10 Å². The lowest BCUT2D eigenvalue weighted by atomic mass is 10.00. The summed E-state index contributed by atoms with van der Waals surface area (Å²) in [5.41, 5.74) is 7.07. The molecule has 1 amide bonds. The van der Waals surface area contributed by atoms with Crippen LogP contribution in [0.5, 0.6) is 0 Å². The van der Waals surface area contributed by atoms with Crippen molar-refractivity contribution in [2.24, 2.45) is 5.73 Å². The van der Waals surface area contributed by atoms with Crippen LogP contribution in [0.2, 0.25) is 0 Å². The van der Waals surface area contributed by atoms with Crippen molar-refractivity contribution < 1.29 is 4.79 Å². The second-order valence-corrected chi connectivity index (χ2v) is 5.73. The molecule has 1 fully saturated rings. The molecule has 1 aromatic rings. The monoisotopic (exact) mass is 264 g/mol. The topological polar surface area (TPSA) is 72.9 Å². The zero-order valence-corrected chi connectivity index (χ0v) is 11.9. The number of aromatic nitrogens is 2. The number of amides is 1. The highest BCUT2D eigenvalue weighted by atomic mass is 16.1. The van der Waals surface area contributed by atoms with E-state index in [1.54, 1.807) is 6.20 Å². The van der Waals surface area contributed by atoms with Crippen LogP contribution in [0.3, 0.4) is 0 Å². The van der Waals surface area contributed by atoms with E-state index < -0.39 is 0 Å². The van der Waals surface area contributed by atoms with Gasteiger partial charge in [0.15, 0.2) is 0 Å². The lowest BCUT2D eigenvalue weighted by molar-refractivity contribution is 0.0907. The van der Waals surface area contributed by atoms with Gasteiger partial charge in [0.2, 0.25) is 0 Å². The minimum absolute atomic E-state index is 0.000832. The Morgan fingerprint density at radius 2 is 2.21 bits per heavy atom. The molecule has 1 aromatic heterocycles. The zero-order chi connectivity index (χ0) is 13.9. The maximum Gasteiger partial charge on any atom is 0.255 e. The number of carbonyl (C=O) groups excluding carboxylic acids is 1. The minimum atomic E-state index is -0.0388. The third-order valence-electron chi connectivity index (χ3n) is 4.04. The number of hydrogen-bond donors (Lipinski definition) is 2. The van der Waals surface area contributed by atoms with Gasteiger partial charge in [-0.05, 0) is 39.7 Å². The van der Waals surface area contributed by atoms with Crippen LogP contribution < -0.4 is 11.1 Å². The van der Waals surface area contributed by atoms with Crippen molar-refractivity contribution in [1.29, 1.82) is 0 Å². The van der Waals surface area contributed by atoms with Crippen molar-refractivity contribution in [3.8, 4) is 0 Å². The van der Waals surface area contributed by atoms with Crippen LogP contribution in [0, 0.1) is 6.92 Å². The summed E-state index contributed by atoms with van der Waals surface area (Å²) in [6, 6.07) is 0. The molecule has 2 rings (SSSR count). The number of hydrogen-bond acceptors (Lipinski definition) is 3. The Bertz CT molecular complexity index is 446. The Morgan fingerprint density at radius 1 is 1.53 bits per heavy atom. The third kappa shape index (κ3) is 3.15. The van der Waals surface area contributed by atoms with Crippen molar-refractivity contribution in [2.75, 3.05) is 6.54 Å². The van der Waals surface area contributed by atoms with Crippen molar-refractivity contribution in [3.63, 3.8) is 0 Å². The molecule has 106 valence electrons. The van der Waals surface area contributed by atoms with Crippen LogP contribution in [0.4, 0.5) is 0 Å². The Morgan fingerprint density at radius 3 is 2.84 bits per heavy atom. The van der Waals surface area contributed by atoms with Gasteiger partial charge in [-0.15, -0.1) is 0 Å². The SMILES string of the molecule is Cc1c(C(=O)NC2(C)CCCC2)cnn1CCCN. The first-order valence-electron chi connectivity index (χ1n) is 7.11. The Hall–Kier alpha value is -1.36. The first-order chi connectivity index (χ1) is 9.06. The predicted molar refractivity (Wildman–Crippen MR) is 75.0 cm³/mol. The summed E-state index contributed by atoms with van der Waals surface area (Å²) >= 11 is 0. The van der Waals surface area contributed by atoms with E-state index >= 15 is 0 Å². The van der Waals surface area contributed by atoms with Gasteiger partial charge in [-0.1, -0.05) is 12.8 Å². The highest BCUT2D eigenvalue weighted by Crippen LogP contribution is 2.29. The molecule has 0 radical (unpaired) electrons. The van der Waals surface area contributed by atoms with Crippen molar-refractivity contribution in [2.45, 2.75) is 58.0 Å². The van der Waals surface area contributed by atoms with Gasteiger partial charge in [0.05, 0.1) is 11.8 Å². The lowest BCUT2D eigenvalue weighted by Crippen LogP contribution is -2.43. The molecule has 0 spiro atoms. The molecule has 0 aliphatic heterocycles. The smallest absolute Gasteiger partial charge is 0.255 e. The van der Waals surface area contributed by atoms with Crippen molar-refractivity contribution in [1.82, 2.24) is 15.1 Å². The molecule has 1 heterocycles. The van der Waals surface area contributed by atoms with Crippen molar-refractivity contribution in [3.05, 3.63) is 17.5 Å². The van der Waals surface area contributed by atoms with Crippen molar-refractivity contribution >= 4 is 5.91 Å². The number of aryl methyl sites for hydroxylation is 1. The summed E-state index contributed by atoms with van der Waals surface area (Å²) in [6.07, 6.45) is 7.08. The van der Waals surface area contributed by atoms with Gasteiger partial charge in [0.1, 0.15) is 0 Å². The average molecular weight is 264 g/mol. The quantitative estimate of drug-likeness (QED) is 0.848. The molecule has 0 aromatic carbocycles. The summed E-state index contributed by atoms with van der Waals surface area (Å²) in [4.78, 5) is 12.3. The first-order valence-corrected chi connectivity index (χ1v) is 7.11. The van der Waals surface area contributed by atoms with Crippen LogP contribution in [0.1, 0.15) is 55.1 Å². The number of nitrogens with two attached hydrogens (primary N) is 1. The van der Waals surface area contributed by atoms with Crippen LogP contribution in [-0.4, -0.2) is 27.8 Å². The number of nitrogens with zero attached hydrogens (tertiary/aromatic N) is 2. The molecule has 0 bridgehead atoms. The van der Waals surface area contributed by atoms with Gasteiger partial charge in [-0.3, -0.25) is 9.48 Å². The summed E-state index contributed by atoms with van der Waals surface area (Å²) < 4.78 is 1.86. The number of carbonyl (C=O) groups is 1. The van der Waals surface area contributed by atoms with Crippen LogP contribution in [-0.2, 0) is 6.54 Å². The van der Waals surface area contributed by atoms with E-state index in [2.05, 4.69) is 17.3 Å². The standard InChI is InChI=1S/C14H24N4O/c1-11-12(10-16-18(11)9-5-8-15)13(19)17-14(2)6-3-4-7-14/h10H,3-9,15H2,1-2H3,(H,17,19). The Balaban J connectivity index is 2.05. The fourth-order valence-electron chi connectivity index (χ4n) is 2.76. The largest absolute Gasteiger partial charge is 0.347 e. The second-order valence-electron chi connectivity index (χ2n) is 5.73. The van der Waals surface area contributed by atoms with Gasteiger partial charge in [0, 0.05) is 17.8 Å². The summed E-state index contributed by atoms with van der Waals surface area (Å²) in [5.74, 6) is 0.000832. The van der Waals surface area contributed by atoms with E-state index in [9.17, 15) is 4.79 Å². The molecule has 1 aliphatic carbocycles. The molecule has 19 heavy (non-hydrogen) atoms. The van der Waals surface area contributed by atoms with E-state index in [-0.39, 0.29) is 11.4 Å². The minimum Gasteiger partial charge on any atom is -0.347 e. The fraction of sp³-hybridized carbons (Fsp3) is 0.714. The number of nitrogens with one attached hydrogen (secondary N) is 1. The van der Waals surface area contributed by atoms with Crippen LogP contribution >= 0.6 is 0 Å². The summed E-state index contributed by atoms with van der Waals surface area (Å²) in [7, 11) is 0. The van der Waals surface area contributed by atoms with E-state index in [0.717, 1.165) is 31.5 Å². The van der Waals surface area contributed by atoms with Gasteiger partial charge < -0.3 is 11.1 Å².